The van der Waals surface area contributed by atoms with Gasteiger partial charge in [-0.05, 0) is 5.75 Å². The third-order valence-corrected chi connectivity index (χ3v) is 3.40. The Morgan fingerprint density at radius 3 is 3.23 bits per heavy atom. The molecule has 1 rings (SSSR count). The molecule has 0 aliphatic carbocycles. The number of nitrogens with two attached hydrogens (primary N) is 1. The zero-order chi connectivity index (χ0) is 9.68. The van der Waals surface area contributed by atoms with Crippen molar-refractivity contribution in [2.24, 2.45) is 5.84 Å². The number of hydrogen-bond donors (Lipinski definition) is 2. The van der Waals surface area contributed by atoms with Gasteiger partial charge < -0.3 is 0 Å². The lowest BCUT2D eigenvalue weighted by molar-refractivity contribution is 0.0957. The van der Waals surface area contributed by atoms with Crippen molar-refractivity contribution in [1.29, 1.82) is 0 Å². The van der Waals surface area contributed by atoms with Crippen molar-refractivity contribution in [3.8, 4) is 0 Å². The molecule has 0 aromatic carbocycles. The molecule has 1 aromatic rings. The van der Waals surface area contributed by atoms with Gasteiger partial charge in [-0.15, -0.1) is 11.3 Å². The number of nitrogen functional groups attached to an aromatic ring is 1. The Kier molecular flexibility index (Phi) is 4.20. The quantitative estimate of drug-likeness (QED) is 0.448. The number of nitrogens with zero attached hydrogens (tertiary/aromatic N) is 1. The lowest BCUT2D eigenvalue weighted by Gasteiger charge is -1.92. The number of thioether (sulfide) groups is 1. The minimum atomic E-state index is -0.273. The number of hydrazine groups is 1. The maximum Gasteiger partial charge on any atom is 0.276 e. The monoisotopic (exact) mass is 217 g/mol. The first kappa shape index (κ1) is 10.5. The molecule has 1 aromatic heterocycles. The Morgan fingerprint density at radius 1 is 1.85 bits per heavy atom. The molecular weight excluding hydrogens is 206 g/mol. The van der Waals surface area contributed by atoms with Crippen LogP contribution in [0.5, 0.6) is 0 Å². The average molecular weight is 217 g/mol. The van der Waals surface area contributed by atoms with Crippen LogP contribution in [-0.2, 0) is 5.75 Å². The summed E-state index contributed by atoms with van der Waals surface area (Å²) in [6, 6.07) is 0. The largest absolute Gasteiger partial charge is 0.289 e. The molecule has 0 atom stereocenters. The second kappa shape index (κ2) is 5.21. The Morgan fingerprint density at radius 2 is 2.62 bits per heavy atom. The van der Waals surface area contributed by atoms with Crippen molar-refractivity contribution in [3.05, 3.63) is 16.1 Å². The van der Waals surface area contributed by atoms with E-state index in [-0.39, 0.29) is 5.91 Å². The third kappa shape index (κ3) is 2.98. The third-order valence-electron chi connectivity index (χ3n) is 1.34. The van der Waals surface area contributed by atoms with E-state index in [0.29, 0.717) is 4.88 Å². The van der Waals surface area contributed by atoms with Crippen LogP contribution in [0.2, 0.25) is 0 Å². The van der Waals surface area contributed by atoms with Crippen molar-refractivity contribution in [3.63, 3.8) is 0 Å². The van der Waals surface area contributed by atoms with E-state index in [1.165, 1.54) is 11.3 Å². The van der Waals surface area contributed by atoms with Crippen LogP contribution < -0.4 is 11.3 Å². The predicted octanol–water partition coefficient (Wildman–Crippen LogP) is 1.000. The van der Waals surface area contributed by atoms with Crippen LogP contribution in [0.1, 0.15) is 21.6 Å². The molecule has 0 bridgehead atoms. The highest BCUT2D eigenvalue weighted by Crippen LogP contribution is 2.18. The zero-order valence-corrected chi connectivity index (χ0v) is 8.87. The summed E-state index contributed by atoms with van der Waals surface area (Å²) in [4.78, 5) is 15.7. The highest BCUT2D eigenvalue weighted by molar-refractivity contribution is 7.98. The minimum absolute atomic E-state index is 0.273. The summed E-state index contributed by atoms with van der Waals surface area (Å²) in [5.74, 6) is 6.63. The van der Waals surface area contributed by atoms with E-state index in [0.717, 1.165) is 16.5 Å². The number of carbonyl (C=O) groups is 1. The fourth-order valence-electron chi connectivity index (χ4n) is 0.742. The Balaban J connectivity index is 2.58. The first-order valence-corrected chi connectivity index (χ1v) is 5.78. The number of aromatic nitrogens is 1. The molecule has 0 unspecified atom stereocenters. The van der Waals surface area contributed by atoms with Crippen LogP contribution in [0, 0.1) is 0 Å². The lowest BCUT2D eigenvalue weighted by Crippen LogP contribution is -2.29. The molecule has 13 heavy (non-hydrogen) atoms. The number of nitrogens with one attached hydrogen (secondary N) is 1. The van der Waals surface area contributed by atoms with Gasteiger partial charge in [0, 0.05) is 5.75 Å². The van der Waals surface area contributed by atoms with Gasteiger partial charge in [0.15, 0.2) is 0 Å². The summed E-state index contributed by atoms with van der Waals surface area (Å²) < 4.78 is 0. The standard InChI is InChI=1S/C7H11N3OS2/c1-2-12-4-6-9-3-5(13-6)7(11)10-8/h3H,2,4,8H2,1H3,(H,10,11). The Labute approximate surface area is 84.9 Å². The summed E-state index contributed by atoms with van der Waals surface area (Å²) in [6.45, 7) is 2.09. The smallest absolute Gasteiger partial charge is 0.276 e. The van der Waals surface area contributed by atoms with Crippen molar-refractivity contribution in [1.82, 2.24) is 10.4 Å². The van der Waals surface area contributed by atoms with E-state index >= 15 is 0 Å². The van der Waals surface area contributed by atoms with Gasteiger partial charge in [-0.25, -0.2) is 10.8 Å². The fraction of sp³-hybridized carbons (Fsp3) is 0.429. The van der Waals surface area contributed by atoms with Gasteiger partial charge in [-0.2, -0.15) is 11.8 Å². The molecule has 0 aliphatic rings. The van der Waals surface area contributed by atoms with Crippen molar-refractivity contribution in [2.45, 2.75) is 12.7 Å². The van der Waals surface area contributed by atoms with Crippen molar-refractivity contribution >= 4 is 29.0 Å². The van der Waals surface area contributed by atoms with Gasteiger partial charge in [0.25, 0.3) is 5.91 Å². The Hall–Kier alpha value is -0.590. The number of thiazole rings is 1. The van der Waals surface area contributed by atoms with Crippen molar-refractivity contribution < 1.29 is 4.79 Å². The van der Waals surface area contributed by atoms with E-state index in [9.17, 15) is 4.79 Å². The molecule has 0 spiro atoms. The minimum Gasteiger partial charge on any atom is -0.289 e. The molecular formula is C7H11N3OS2. The predicted molar refractivity (Wildman–Crippen MR) is 55.6 cm³/mol. The summed E-state index contributed by atoms with van der Waals surface area (Å²) in [6.07, 6.45) is 1.55. The van der Waals surface area contributed by atoms with Crippen molar-refractivity contribution in [2.75, 3.05) is 5.75 Å². The number of hydrogen-bond acceptors (Lipinski definition) is 5. The summed E-state index contributed by atoms with van der Waals surface area (Å²) in [5, 5.41) is 0.963. The normalized spacial score (nSPS) is 10.0. The van der Waals surface area contributed by atoms with Gasteiger partial charge in [0.05, 0.1) is 6.20 Å². The molecule has 0 saturated carbocycles. The highest BCUT2D eigenvalue weighted by atomic mass is 32.2. The van der Waals surface area contributed by atoms with Gasteiger partial charge in [-0.3, -0.25) is 10.2 Å². The fourth-order valence-corrected chi connectivity index (χ4v) is 2.30. The first-order chi connectivity index (χ1) is 6.27. The van der Waals surface area contributed by atoms with Gasteiger partial charge in [-0.1, -0.05) is 6.92 Å². The molecule has 4 nitrogen and oxygen atoms in total. The topological polar surface area (TPSA) is 68.0 Å². The van der Waals surface area contributed by atoms with E-state index in [4.69, 9.17) is 5.84 Å². The summed E-state index contributed by atoms with van der Waals surface area (Å²) >= 11 is 3.16. The van der Waals surface area contributed by atoms with E-state index < -0.39 is 0 Å². The van der Waals surface area contributed by atoms with Crippen LogP contribution in [0.3, 0.4) is 0 Å². The highest BCUT2D eigenvalue weighted by Gasteiger charge is 2.08. The summed E-state index contributed by atoms with van der Waals surface area (Å²) in [5.41, 5.74) is 2.08. The van der Waals surface area contributed by atoms with Crippen LogP contribution in [0.15, 0.2) is 6.20 Å². The average Bonchev–Trinajstić information content (AvgIpc) is 2.62. The van der Waals surface area contributed by atoms with Crippen LogP contribution in [0.4, 0.5) is 0 Å². The molecule has 3 N–H and O–H groups in total. The van der Waals surface area contributed by atoms with Crippen LogP contribution in [-0.4, -0.2) is 16.6 Å². The molecule has 1 heterocycles. The maximum absolute atomic E-state index is 11.0. The van der Waals surface area contributed by atoms with Gasteiger partial charge in [0.2, 0.25) is 0 Å². The molecule has 0 fully saturated rings. The second-order valence-electron chi connectivity index (χ2n) is 2.23. The first-order valence-electron chi connectivity index (χ1n) is 3.81. The van der Waals surface area contributed by atoms with E-state index in [1.807, 2.05) is 0 Å². The molecule has 72 valence electrons. The van der Waals surface area contributed by atoms with Gasteiger partial charge in [0.1, 0.15) is 9.88 Å². The maximum atomic E-state index is 11.0. The van der Waals surface area contributed by atoms with Crippen LogP contribution >= 0.6 is 23.1 Å². The number of amides is 1. The lowest BCUT2D eigenvalue weighted by atomic mass is 10.5. The zero-order valence-electron chi connectivity index (χ0n) is 7.24. The SMILES string of the molecule is CCSCc1ncc(C(=O)NN)s1. The van der Waals surface area contributed by atoms with Gasteiger partial charge >= 0.3 is 0 Å². The second-order valence-corrected chi connectivity index (χ2v) is 4.62. The molecule has 0 radical (unpaired) electrons. The van der Waals surface area contributed by atoms with E-state index in [1.54, 1.807) is 18.0 Å². The molecule has 1 amide bonds. The Bertz CT molecular complexity index is 287. The molecule has 6 heteroatoms. The van der Waals surface area contributed by atoms with E-state index in [2.05, 4.69) is 17.3 Å². The number of carbonyl (C=O) groups excluding carboxylic acids is 1. The van der Waals surface area contributed by atoms with Crippen LogP contribution in [0.25, 0.3) is 0 Å². The number of rotatable bonds is 4. The summed E-state index contributed by atoms with van der Waals surface area (Å²) in [7, 11) is 0. The molecule has 0 aliphatic heterocycles. The molecule has 0 saturated heterocycles.